The molecule has 2 rings (SSSR count). The van der Waals surface area contributed by atoms with E-state index in [1.165, 1.54) is 37.7 Å². The molecule has 1 aromatic heterocycles. The van der Waals surface area contributed by atoms with Gasteiger partial charge in [0.25, 0.3) is 0 Å². The lowest BCUT2D eigenvalue weighted by molar-refractivity contribution is 0.501. The number of nitrogens with one attached hydrogen (secondary N) is 2. The van der Waals surface area contributed by atoms with E-state index >= 15 is 0 Å². The van der Waals surface area contributed by atoms with Gasteiger partial charge in [0.05, 0.1) is 0 Å². The summed E-state index contributed by atoms with van der Waals surface area (Å²) in [7, 11) is 1.92. The van der Waals surface area contributed by atoms with Gasteiger partial charge in [-0.15, -0.1) is 0 Å². The second-order valence-corrected chi connectivity index (χ2v) is 6.34. The summed E-state index contributed by atoms with van der Waals surface area (Å²) in [5.41, 5.74) is 1.20. The summed E-state index contributed by atoms with van der Waals surface area (Å²) in [4.78, 5) is 8.83. The first kappa shape index (κ1) is 15.1. The first-order valence-corrected chi connectivity index (χ1v) is 7.91. The fourth-order valence-electron chi connectivity index (χ4n) is 3.08. The average molecular weight is 276 g/mol. The van der Waals surface area contributed by atoms with Gasteiger partial charge < -0.3 is 10.6 Å². The Balaban J connectivity index is 2.16. The van der Waals surface area contributed by atoms with Gasteiger partial charge in [-0.3, -0.25) is 0 Å². The predicted octanol–water partition coefficient (Wildman–Crippen LogP) is 4.02. The lowest BCUT2D eigenvalue weighted by Crippen LogP contribution is -2.21. The van der Waals surface area contributed by atoms with Crippen molar-refractivity contribution in [2.45, 2.75) is 64.8 Å². The quantitative estimate of drug-likeness (QED) is 0.815. The maximum Gasteiger partial charge on any atom is 0.135 e. The third kappa shape index (κ3) is 3.62. The molecule has 0 amide bonds. The van der Waals surface area contributed by atoms with Crippen LogP contribution in [0.2, 0.25) is 0 Å². The van der Waals surface area contributed by atoms with E-state index in [1.54, 1.807) is 6.33 Å². The topological polar surface area (TPSA) is 49.8 Å². The van der Waals surface area contributed by atoms with Gasteiger partial charge in [0.15, 0.2) is 0 Å². The van der Waals surface area contributed by atoms with Crippen molar-refractivity contribution in [3.63, 3.8) is 0 Å². The van der Waals surface area contributed by atoms with E-state index in [1.807, 2.05) is 7.05 Å². The van der Waals surface area contributed by atoms with Crippen molar-refractivity contribution < 1.29 is 0 Å². The van der Waals surface area contributed by atoms with Crippen LogP contribution in [-0.4, -0.2) is 23.1 Å². The molecule has 112 valence electrons. The molecule has 1 saturated carbocycles. The molecule has 0 spiro atoms. The monoisotopic (exact) mass is 276 g/mol. The molecule has 0 saturated heterocycles. The lowest BCUT2D eigenvalue weighted by atomic mass is 10.0. The summed E-state index contributed by atoms with van der Waals surface area (Å²) in [5, 5.41) is 6.86. The molecule has 1 aliphatic rings. The molecule has 2 unspecified atom stereocenters. The van der Waals surface area contributed by atoms with Gasteiger partial charge >= 0.3 is 0 Å². The zero-order chi connectivity index (χ0) is 14.5. The van der Waals surface area contributed by atoms with Gasteiger partial charge in [0.1, 0.15) is 18.0 Å². The molecule has 2 N–H and O–H groups in total. The van der Waals surface area contributed by atoms with Crippen LogP contribution >= 0.6 is 0 Å². The molecule has 2 atom stereocenters. The minimum Gasteiger partial charge on any atom is -0.373 e. The fraction of sp³-hybridized carbons (Fsp3) is 0.750. The number of aromatic nitrogens is 2. The molecule has 20 heavy (non-hydrogen) atoms. The van der Waals surface area contributed by atoms with Crippen LogP contribution in [0.25, 0.3) is 0 Å². The fourth-order valence-corrected chi connectivity index (χ4v) is 3.08. The Hall–Kier alpha value is -1.32. The molecule has 0 radical (unpaired) electrons. The van der Waals surface area contributed by atoms with Gasteiger partial charge in [-0.05, 0) is 31.1 Å². The van der Waals surface area contributed by atoms with Gasteiger partial charge in [-0.25, -0.2) is 9.97 Å². The van der Waals surface area contributed by atoms with Crippen LogP contribution in [0.15, 0.2) is 6.33 Å². The first-order valence-electron chi connectivity index (χ1n) is 7.91. The highest BCUT2D eigenvalue weighted by atomic mass is 15.1. The number of hydrogen-bond donors (Lipinski definition) is 2. The Morgan fingerprint density at radius 1 is 1.10 bits per heavy atom. The highest BCUT2D eigenvalue weighted by molar-refractivity contribution is 5.59. The summed E-state index contributed by atoms with van der Waals surface area (Å²) < 4.78 is 0. The Morgan fingerprint density at radius 3 is 2.55 bits per heavy atom. The number of anilines is 2. The van der Waals surface area contributed by atoms with E-state index in [0.29, 0.717) is 12.0 Å². The predicted molar refractivity (Wildman–Crippen MR) is 85.3 cm³/mol. The minimum absolute atomic E-state index is 0.408. The molecule has 4 heteroatoms. The van der Waals surface area contributed by atoms with Crippen LogP contribution in [0.5, 0.6) is 0 Å². The zero-order valence-corrected chi connectivity index (χ0v) is 13.2. The third-order valence-corrected chi connectivity index (χ3v) is 4.30. The largest absolute Gasteiger partial charge is 0.373 e. The second-order valence-electron chi connectivity index (χ2n) is 6.34. The van der Waals surface area contributed by atoms with Crippen molar-refractivity contribution in [2.24, 2.45) is 5.92 Å². The van der Waals surface area contributed by atoms with Crippen LogP contribution in [0.4, 0.5) is 11.6 Å². The second kappa shape index (κ2) is 6.91. The van der Waals surface area contributed by atoms with Crippen molar-refractivity contribution in [2.75, 3.05) is 17.7 Å². The summed E-state index contributed by atoms with van der Waals surface area (Å²) in [6.45, 7) is 6.76. The smallest absolute Gasteiger partial charge is 0.135 e. The highest BCUT2D eigenvalue weighted by Gasteiger charge is 2.20. The van der Waals surface area contributed by atoms with E-state index in [4.69, 9.17) is 0 Å². The van der Waals surface area contributed by atoms with E-state index in [-0.39, 0.29) is 0 Å². The zero-order valence-electron chi connectivity index (χ0n) is 13.2. The van der Waals surface area contributed by atoms with Crippen LogP contribution in [-0.2, 0) is 0 Å². The summed E-state index contributed by atoms with van der Waals surface area (Å²) in [6, 6.07) is 0.553. The van der Waals surface area contributed by atoms with Crippen LogP contribution in [0.3, 0.4) is 0 Å². The normalized spacial score (nSPS) is 23.4. The molecule has 0 aromatic carbocycles. The molecular weight excluding hydrogens is 248 g/mol. The van der Waals surface area contributed by atoms with E-state index in [0.717, 1.165) is 17.6 Å². The van der Waals surface area contributed by atoms with Crippen molar-refractivity contribution in [1.29, 1.82) is 0 Å². The van der Waals surface area contributed by atoms with E-state index in [2.05, 4.69) is 41.4 Å². The Labute approximate surface area is 122 Å². The van der Waals surface area contributed by atoms with Crippen LogP contribution in [0, 0.1) is 5.92 Å². The Kier molecular flexibility index (Phi) is 5.21. The van der Waals surface area contributed by atoms with Crippen LogP contribution in [0.1, 0.15) is 64.4 Å². The molecule has 4 nitrogen and oxygen atoms in total. The highest BCUT2D eigenvalue weighted by Crippen LogP contribution is 2.30. The molecule has 1 fully saturated rings. The molecule has 1 heterocycles. The average Bonchev–Trinajstić information content (AvgIpc) is 2.63. The van der Waals surface area contributed by atoms with Crippen molar-refractivity contribution in [3.8, 4) is 0 Å². The summed E-state index contributed by atoms with van der Waals surface area (Å²) >= 11 is 0. The maximum atomic E-state index is 4.49. The summed E-state index contributed by atoms with van der Waals surface area (Å²) in [5.74, 6) is 3.23. The first-order chi connectivity index (χ1) is 9.61. The molecule has 1 aliphatic carbocycles. The van der Waals surface area contributed by atoms with Crippen molar-refractivity contribution in [3.05, 3.63) is 11.9 Å². The van der Waals surface area contributed by atoms with Gasteiger partial charge in [0, 0.05) is 18.7 Å². The lowest BCUT2D eigenvalue weighted by Gasteiger charge is -2.22. The summed E-state index contributed by atoms with van der Waals surface area (Å²) in [6.07, 6.45) is 8.15. The Bertz CT molecular complexity index is 430. The number of rotatable bonds is 4. The van der Waals surface area contributed by atoms with E-state index in [9.17, 15) is 0 Å². The van der Waals surface area contributed by atoms with Gasteiger partial charge in [-0.2, -0.15) is 0 Å². The Morgan fingerprint density at radius 2 is 1.85 bits per heavy atom. The molecule has 0 aliphatic heterocycles. The number of nitrogens with zero attached hydrogens (tertiary/aromatic N) is 2. The molecule has 1 aromatic rings. The van der Waals surface area contributed by atoms with Crippen molar-refractivity contribution in [1.82, 2.24) is 9.97 Å². The standard InChI is InChI=1S/C16H28N4/c1-11(2)14-15(17-4)18-10-19-16(14)20-13-7-5-6-12(3)8-9-13/h10-13H,5-9H2,1-4H3,(H2,17,18,19,20). The van der Waals surface area contributed by atoms with Crippen LogP contribution < -0.4 is 10.6 Å². The SMILES string of the molecule is CNc1ncnc(NC2CCCC(C)CC2)c1C(C)C. The molecule has 0 bridgehead atoms. The third-order valence-electron chi connectivity index (χ3n) is 4.30. The minimum atomic E-state index is 0.408. The van der Waals surface area contributed by atoms with Crippen molar-refractivity contribution >= 4 is 11.6 Å². The number of hydrogen-bond acceptors (Lipinski definition) is 4. The van der Waals surface area contributed by atoms with E-state index < -0.39 is 0 Å². The van der Waals surface area contributed by atoms with Gasteiger partial charge in [-0.1, -0.05) is 33.6 Å². The maximum absolute atomic E-state index is 4.49. The molecular formula is C16H28N4. The van der Waals surface area contributed by atoms with Gasteiger partial charge in [0.2, 0.25) is 0 Å².